The summed E-state index contributed by atoms with van der Waals surface area (Å²) in [7, 11) is -3.51. The summed E-state index contributed by atoms with van der Waals surface area (Å²) in [6, 6.07) is 4.59. The van der Waals surface area contributed by atoms with Crippen LogP contribution in [0, 0.1) is 12.8 Å². The van der Waals surface area contributed by atoms with Gasteiger partial charge in [-0.15, -0.1) is 12.4 Å². The van der Waals surface area contributed by atoms with Gasteiger partial charge in [-0.2, -0.15) is 0 Å². The van der Waals surface area contributed by atoms with Gasteiger partial charge in [-0.05, 0) is 49.4 Å². The molecule has 2 rings (SSSR count). The fourth-order valence-electron chi connectivity index (χ4n) is 2.01. The lowest BCUT2D eigenvalue weighted by Gasteiger charge is -2.17. The number of aryl methyl sites for hydroxylation is 1. The molecule has 0 saturated heterocycles. The monoisotopic (exact) mass is 324 g/mol. The van der Waals surface area contributed by atoms with Crippen LogP contribution in [0.4, 0.5) is 0 Å². The molecule has 3 N–H and O–H groups in total. The van der Waals surface area contributed by atoms with Crippen LogP contribution in [0.25, 0.3) is 0 Å². The van der Waals surface area contributed by atoms with E-state index in [4.69, 9.17) is 17.3 Å². The lowest BCUT2D eigenvalue weighted by molar-refractivity contribution is 0.519. The summed E-state index contributed by atoms with van der Waals surface area (Å²) in [6.45, 7) is 2.06. The third-order valence-corrected chi connectivity index (χ3v) is 5.06. The number of hydrogen-bond donors (Lipinski definition) is 2. The number of rotatable bonds is 5. The highest BCUT2D eigenvalue weighted by atomic mass is 35.5. The smallest absolute Gasteiger partial charge is 0.241 e. The SMILES string of the molecule is Cc1cc(Cl)ccc1S(=O)(=O)NC(CN)C1CC1.Cl. The number of hydrogen-bond acceptors (Lipinski definition) is 3. The Labute approximate surface area is 125 Å². The molecule has 1 aromatic rings. The molecule has 0 aromatic heterocycles. The fourth-order valence-corrected chi connectivity index (χ4v) is 3.78. The van der Waals surface area contributed by atoms with Crippen LogP contribution >= 0.6 is 24.0 Å². The maximum atomic E-state index is 12.3. The van der Waals surface area contributed by atoms with Gasteiger partial charge in [0.05, 0.1) is 4.90 Å². The van der Waals surface area contributed by atoms with Crippen LogP contribution in [0.2, 0.25) is 5.02 Å². The van der Waals surface area contributed by atoms with Crippen molar-refractivity contribution in [1.82, 2.24) is 4.72 Å². The van der Waals surface area contributed by atoms with E-state index in [0.717, 1.165) is 12.8 Å². The summed E-state index contributed by atoms with van der Waals surface area (Å²) >= 11 is 5.83. The predicted molar refractivity (Wildman–Crippen MR) is 79.3 cm³/mol. The molecule has 0 spiro atoms. The molecule has 0 amide bonds. The molecule has 7 heteroatoms. The first-order valence-corrected chi connectivity index (χ1v) is 7.78. The van der Waals surface area contributed by atoms with Crippen molar-refractivity contribution in [2.24, 2.45) is 11.7 Å². The van der Waals surface area contributed by atoms with E-state index in [9.17, 15) is 8.42 Å². The van der Waals surface area contributed by atoms with E-state index < -0.39 is 10.0 Å². The highest BCUT2D eigenvalue weighted by Crippen LogP contribution is 2.33. The quantitative estimate of drug-likeness (QED) is 0.871. The van der Waals surface area contributed by atoms with Gasteiger partial charge in [-0.3, -0.25) is 0 Å². The van der Waals surface area contributed by atoms with Crippen molar-refractivity contribution in [2.75, 3.05) is 6.54 Å². The van der Waals surface area contributed by atoms with Crippen LogP contribution in [-0.2, 0) is 10.0 Å². The molecule has 1 atom stereocenters. The van der Waals surface area contributed by atoms with E-state index in [1.54, 1.807) is 19.1 Å². The van der Waals surface area contributed by atoms with Gasteiger partial charge in [0.2, 0.25) is 10.0 Å². The van der Waals surface area contributed by atoms with E-state index in [1.165, 1.54) is 6.07 Å². The van der Waals surface area contributed by atoms with Crippen LogP contribution in [0.1, 0.15) is 18.4 Å². The van der Waals surface area contributed by atoms with Crippen LogP contribution in [0.15, 0.2) is 23.1 Å². The van der Waals surface area contributed by atoms with Gasteiger partial charge < -0.3 is 5.73 Å². The zero-order chi connectivity index (χ0) is 13.3. The first-order chi connectivity index (χ1) is 8.44. The Kier molecular flexibility index (Phi) is 5.65. The largest absolute Gasteiger partial charge is 0.329 e. The van der Waals surface area contributed by atoms with Crippen LogP contribution in [-0.4, -0.2) is 21.0 Å². The van der Waals surface area contributed by atoms with E-state index >= 15 is 0 Å². The molecule has 108 valence electrons. The Morgan fingerprint density at radius 2 is 2.11 bits per heavy atom. The second kappa shape index (κ2) is 6.41. The highest BCUT2D eigenvalue weighted by molar-refractivity contribution is 7.89. The molecule has 0 radical (unpaired) electrons. The zero-order valence-electron chi connectivity index (χ0n) is 10.6. The highest BCUT2D eigenvalue weighted by Gasteiger charge is 2.33. The Hall–Kier alpha value is -0.330. The molecule has 4 nitrogen and oxygen atoms in total. The van der Waals surface area contributed by atoms with Crippen molar-refractivity contribution < 1.29 is 8.42 Å². The molecule has 1 fully saturated rings. The van der Waals surface area contributed by atoms with Gasteiger partial charge in [0.15, 0.2) is 0 Å². The lowest BCUT2D eigenvalue weighted by Crippen LogP contribution is -2.41. The van der Waals surface area contributed by atoms with Crippen molar-refractivity contribution in [3.05, 3.63) is 28.8 Å². The normalized spacial score (nSPS) is 16.8. The second-order valence-electron chi connectivity index (χ2n) is 4.71. The summed E-state index contributed by atoms with van der Waals surface area (Å²) in [5.41, 5.74) is 6.25. The van der Waals surface area contributed by atoms with Crippen molar-refractivity contribution in [1.29, 1.82) is 0 Å². The minimum atomic E-state index is -3.51. The number of nitrogens with one attached hydrogen (secondary N) is 1. The Morgan fingerprint density at radius 3 is 2.58 bits per heavy atom. The molecule has 0 bridgehead atoms. The van der Waals surface area contributed by atoms with Gasteiger partial charge >= 0.3 is 0 Å². The van der Waals surface area contributed by atoms with Crippen molar-refractivity contribution in [3.63, 3.8) is 0 Å². The van der Waals surface area contributed by atoms with Crippen molar-refractivity contribution >= 4 is 34.0 Å². The second-order valence-corrected chi connectivity index (χ2v) is 6.83. The van der Waals surface area contributed by atoms with Gasteiger partial charge in [-0.1, -0.05) is 11.6 Å². The summed E-state index contributed by atoms with van der Waals surface area (Å²) < 4.78 is 27.2. The van der Waals surface area contributed by atoms with Crippen molar-refractivity contribution in [3.8, 4) is 0 Å². The number of sulfonamides is 1. The maximum absolute atomic E-state index is 12.3. The average molecular weight is 325 g/mol. The van der Waals surface area contributed by atoms with Gasteiger partial charge in [0.25, 0.3) is 0 Å². The Balaban J connectivity index is 0.00000180. The van der Waals surface area contributed by atoms with Crippen LogP contribution in [0.5, 0.6) is 0 Å². The molecule has 1 aliphatic carbocycles. The standard InChI is InChI=1S/C12H17ClN2O2S.ClH/c1-8-6-10(13)4-5-12(8)18(16,17)15-11(7-14)9-2-3-9;/h4-6,9,11,15H,2-3,7,14H2,1H3;1H. The van der Waals surface area contributed by atoms with Crippen LogP contribution in [0.3, 0.4) is 0 Å². The molecule has 1 saturated carbocycles. The number of nitrogens with two attached hydrogens (primary N) is 1. The van der Waals surface area contributed by atoms with Crippen molar-refractivity contribution in [2.45, 2.75) is 30.7 Å². The maximum Gasteiger partial charge on any atom is 0.241 e. The molecule has 1 aromatic carbocycles. The Bertz CT molecular complexity index is 545. The van der Waals surface area contributed by atoms with Gasteiger partial charge in [-0.25, -0.2) is 13.1 Å². The summed E-state index contributed by atoms with van der Waals surface area (Å²) in [6.07, 6.45) is 2.09. The number of halogens is 2. The first kappa shape index (κ1) is 16.7. The molecular weight excluding hydrogens is 307 g/mol. The van der Waals surface area contributed by atoms with Crippen LogP contribution < -0.4 is 10.5 Å². The van der Waals surface area contributed by atoms with Gasteiger partial charge in [0, 0.05) is 17.6 Å². The Morgan fingerprint density at radius 1 is 1.47 bits per heavy atom. The third-order valence-electron chi connectivity index (χ3n) is 3.18. The minimum Gasteiger partial charge on any atom is -0.329 e. The molecule has 1 unspecified atom stereocenters. The third kappa shape index (κ3) is 4.07. The van der Waals surface area contributed by atoms with E-state index in [0.29, 0.717) is 23.0 Å². The molecule has 1 aliphatic rings. The molecule has 0 heterocycles. The first-order valence-electron chi connectivity index (χ1n) is 5.92. The topological polar surface area (TPSA) is 72.2 Å². The lowest BCUT2D eigenvalue weighted by atomic mass is 10.2. The van der Waals surface area contributed by atoms with Gasteiger partial charge in [0.1, 0.15) is 0 Å². The van der Waals surface area contributed by atoms with E-state index in [2.05, 4.69) is 4.72 Å². The summed E-state index contributed by atoms with van der Waals surface area (Å²) in [4.78, 5) is 0.269. The number of benzene rings is 1. The van der Waals surface area contributed by atoms with E-state index in [-0.39, 0.29) is 23.3 Å². The predicted octanol–water partition coefficient (Wildman–Crippen LogP) is 2.09. The minimum absolute atomic E-state index is 0. The molecular formula is C12H18Cl2N2O2S. The molecule has 0 aliphatic heterocycles. The molecule has 19 heavy (non-hydrogen) atoms. The summed E-state index contributed by atoms with van der Waals surface area (Å²) in [5, 5.41) is 0.531. The zero-order valence-corrected chi connectivity index (χ0v) is 13.0. The van der Waals surface area contributed by atoms with E-state index in [1.807, 2.05) is 0 Å². The average Bonchev–Trinajstić information content (AvgIpc) is 3.09. The fraction of sp³-hybridized carbons (Fsp3) is 0.500. The summed E-state index contributed by atoms with van der Waals surface area (Å²) in [5.74, 6) is 0.386.